The summed E-state index contributed by atoms with van der Waals surface area (Å²) in [5.41, 5.74) is 0. The van der Waals surface area contributed by atoms with Gasteiger partial charge in [0.25, 0.3) is 0 Å². The van der Waals surface area contributed by atoms with Crippen LogP contribution in [-0.4, -0.2) is 180 Å². The van der Waals surface area contributed by atoms with Gasteiger partial charge in [-0.25, -0.2) is 0 Å². The summed E-state index contributed by atoms with van der Waals surface area (Å²) < 4.78 is 39.0. The van der Waals surface area contributed by atoms with Gasteiger partial charge in [0.15, 0.2) is 24.8 Å². The van der Waals surface area contributed by atoms with Crippen LogP contribution in [0.2, 0.25) is 0 Å². The summed E-state index contributed by atoms with van der Waals surface area (Å²) in [6.45, 7) is 0.0903. The molecule has 16 unspecified atom stereocenters. The molecule has 19 nitrogen and oxygen atoms in total. The summed E-state index contributed by atoms with van der Waals surface area (Å²) in [6, 6.07) is 0. The number of fused-ring (bicyclic) bond motifs is 1. The Morgan fingerprint density at radius 2 is 1.22 bits per heavy atom. The van der Waals surface area contributed by atoms with Gasteiger partial charge in [-0.05, 0) is 32.1 Å². The van der Waals surface area contributed by atoms with Gasteiger partial charge in [0.05, 0.1) is 24.2 Å². The number of rotatable bonds is 11. The molecule has 3 heterocycles. The van der Waals surface area contributed by atoms with Crippen LogP contribution in [0.3, 0.4) is 0 Å². The molecule has 16 atom stereocenters. The number of hydrogen-bond donors (Lipinski definition) is 9. The van der Waals surface area contributed by atoms with Gasteiger partial charge in [-0.2, -0.15) is 0 Å². The van der Waals surface area contributed by atoms with Crippen molar-refractivity contribution < 1.29 is 93.5 Å². The van der Waals surface area contributed by atoms with Crippen LogP contribution in [0.25, 0.3) is 0 Å². The summed E-state index contributed by atoms with van der Waals surface area (Å²) in [6.07, 6.45) is -18.2. The molecule has 0 aromatic carbocycles. The zero-order valence-electron chi connectivity index (χ0n) is 28.1. The monoisotopic (exact) mass is 739 g/mol. The van der Waals surface area contributed by atoms with E-state index in [0.29, 0.717) is 25.7 Å². The molecule has 0 radical (unpaired) electrons. The van der Waals surface area contributed by atoms with Gasteiger partial charge in [0, 0.05) is 25.7 Å². The summed E-state index contributed by atoms with van der Waals surface area (Å²) >= 11 is 0. The molecule has 3 aliphatic heterocycles. The van der Waals surface area contributed by atoms with Crippen molar-refractivity contribution in [3.8, 4) is 0 Å². The van der Waals surface area contributed by atoms with Crippen molar-refractivity contribution in [2.24, 2.45) is 11.8 Å². The van der Waals surface area contributed by atoms with E-state index in [1.165, 1.54) is 0 Å². The molecular weight excluding hydrogens is 688 g/mol. The number of carboxylic acid groups (broad SMARTS) is 1. The predicted molar refractivity (Wildman–Crippen MR) is 164 cm³/mol. The molecular formula is C32H51O19+. The third-order valence-corrected chi connectivity index (χ3v) is 10.6. The zero-order valence-corrected chi connectivity index (χ0v) is 28.1. The molecule has 2 saturated carbocycles. The predicted octanol–water partition coefficient (Wildman–Crippen LogP) is -4.06. The van der Waals surface area contributed by atoms with Crippen molar-refractivity contribution >= 4 is 17.9 Å². The van der Waals surface area contributed by atoms with Gasteiger partial charge in [-0.3, -0.25) is 14.4 Å². The van der Waals surface area contributed by atoms with Crippen LogP contribution in [0.4, 0.5) is 0 Å². The SMILES string of the molecule is CC(=O)OCC1OC(OC2CC(O)CC3[OH+]C(C4CCC(O)CC4)C(OC4OC(COC(=O)CC(=O)O)C(O)C(O)C4O)CC23)C(O)C(O)C1O. The van der Waals surface area contributed by atoms with E-state index in [4.69, 9.17) is 38.3 Å². The molecule has 19 heteroatoms. The first-order valence-corrected chi connectivity index (χ1v) is 17.4. The molecule has 5 fully saturated rings. The first kappa shape index (κ1) is 40.1. The maximum atomic E-state index is 11.8. The zero-order chi connectivity index (χ0) is 37.1. The fourth-order valence-corrected chi connectivity index (χ4v) is 7.83. The van der Waals surface area contributed by atoms with Gasteiger partial charge in [0.1, 0.15) is 74.6 Å². The lowest BCUT2D eigenvalue weighted by atomic mass is 9.73. The molecule has 5 aliphatic rings. The molecule has 3 saturated heterocycles. The van der Waals surface area contributed by atoms with E-state index in [1.54, 1.807) is 0 Å². The second kappa shape index (κ2) is 17.4. The van der Waals surface area contributed by atoms with Gasteiger partial charge in [0.2, 0.25) is 0 Å². The van der Waals surface area contributed by atoms with Crippen LogP contribution in [0.15, 0.2) is 0 Å². The van der Waals surface area contributed by atoms with Crippen molar-refractivity contribution in [2.75, 3.05) is 13.2 Å². The Hall–Kier alpha value is -2.11. The van der Waals surface area contributed by atoms with E-state index in [2.05, 4.69) is 0 Å². The van der Waals surface area contributed by atoms with Crippen molar-refractivity contribution in [2.45, 2.75) is 156 Å². The van der Waals surface area contributed by atoms with E-state index in [-0.39, 0.29) is 25.2 Å². The average molecular weight is 740 g/mol. The van der Waals surface area contributed by atoms with E-state index in [0.717, 1.165) is 6.92 Å². The number of carbonyl (C=O) groups is 3. The highest BCUT2D eigenvalue weighted by Crippen LogP contribution is 2.43. The molecule has 0 amide bonds. The third-order valence-electron chi connectivity index (χ3n) is 10.6. The number of aliphatic hydroxyl groups is 10. The van der Waals surface area contributed by atoms with E-state index in [9.17, 15) is 55.2 Å². The average Bonchev–Trinajstić information content (AvgIpc) is 3.07. The second-order valence-electron chi connectivity index (χ2n) is 14.2. The maximum Gasteiger partial charge on any atom is 0.317 e. The third kappa shape index (κ3) is 9.71. The number of ether oxygens (including phenoxy) is 7. The highest BCUT2D eigenvalue weighted by atomic mass is 16.7. The number of aliphatic hydroxyl groups excluding tert-OH is 8. The normalized spacial score (nSPS) is 46.1. The maximum absolute atomic E-state index is 11.8. The van der Waals surface area contributed by atoms with Crippen molar-refractivity contribution in [1.82, 2.24) is 0 Å². The van der Waals surface area contributed by atoms with Crippen LogP contribution in [0.1, 0.15) is 58.3 Å². The molecule has 0 bridgehead atoms. The summed E-state index contributed by atoms with van der Waals surface area (Å²) in [4.78, 5) is 34.1. The van der Waals surface area contributed by atoms with Crippen LogP contribution < -0.4 is 0 Å². The Morgan fingerprint density at radius 1 is 0.667 bits per heavy atom. The molecule has 2 aliphatic carbocycles. The quantitative estimate of drug-likeness (QED) is 0.0553. The first-order chi connectivity index (χ1) is 24.1. The van der Waals surface area contributed by atoms with Crippen molar-refractivity contribution in [3.63, 3.8) is 0 Å². The molecule has 51 heavy (non-hydrogen) atoms. The smallest absolute Gasteiger partial charge is 0.317 e. The molecule has 10 N–H and O–H groups in total. The lowest BCUT2D eigenvalue weighted by Gasteiger charge is -2.50. The second-order valence-corrected chi connectivity index (χ2v) is 14.2. The molecule has 5 rings (SSSR count). The molecule has 0 aromatic rings. The first-order valence-electron chi connectivity index (χ1n) is 17.4. The fourth-order valence-electron chi connectivity index (χ4n) is 7.83. The number of aliphatic carboxylic acids is 1. The molecule has 0 spiro atoms. The Labute approximate surface area is 292 Å². The number of esters is 2. The van der Waals surface area contributed by atoms with Crippen LogP contribution in [0, 0.1) is 11.8 Å². The molecule has 0 aromatic heterocycles. The lowest BCUT2D eigenvalue weighted by molar-refractivity contribution is -0.366. The van der Waals surface area contributed by atoms with Gasteiger partial charge in [-0.1, -0.05) is 0 Å². The highest BCUT2D eigenvalue weighted by Gasteiger charge is 2.56. The van der Waals surface area contributed by atoms with Gasteiger partial charge >= 0.3 is 17.9 Å². The van der Waals surface area contributed by atoms with E-state index in [1.807, 2.05) is 0 Å². The summed E-state index contributed by atoms with van der Waals surface area (Å²) in [7, 11) is 0. The van der Waals surface area contributed by atoms with Crippen LogP contribution in [0.5, 0.6) is 0 Å². The fraction of sp³-hybridized carbons (Fsp3) is 0.906. The Kier molecular flexibility index (Phi) is 13.6. The topological polar surface area (TPSA) is 301 Å². The Morgan fingerprint density at radius 3 is 1.76 bits per heavy atom. The van der Waals surface area contributed by atoms with Crippen LogP contribution in [-0.2, 0) is 42.8 Å². The van der Waals surface area contributed by atoms with Crippen LogP contribution >= 0.6 is 0 Å². The van der Waals surface area contributed by atoms with Gasteiger partial charge < -0.3 is 79.1 Å². The Balaban J connectivity index is 1.34. The summed E-state index contributed by atoms with van der Waals surface area (Å²) in [5.74, 6) is -3.76. The summed E-state index contributed by atoms with van der Waals surface area (Å²) in [5, 5.41) is 93.8. The largest absolute Gasteiger partial charge is 0.481 e. The highest BCUT2D eigenvalue weighted by molar-refractivity contribution is 5.90. The van der Waals surface area contributed by atoms with Crippen molar-refractivity contribution in [1.29, 1.82) is 0 Å². The number of hydrogen-bond acceptors (Lipinski definition) is 17. The minimum Gasteiger partial charge on any atom is -0.481 e. The van der Waals surface area contributed by atoms with Gasteiger partial charge in [-0.15, -0.1) is 0 Å². The Bertz CT molecular complexity index is 1180. The lowest BCUT2D eigenvalue weighted by Crippen LogP contribution is -2.64. The van der Waals surface area contributed by atoms with E-state index >= 15 is 0 Å². The molecule has 292 valence electrons. The minimum absolute atomic E-state index is 0.0702. The minimum atomic E-state index is -1.80. The standard InChI is InChI=1S/C32H50O19/c1-12(33)45-10-20-24(39)26(41)28(43)31(50-20)48-18-7-15(35)6-17-16(18)8-19(30(47-17)13-2-4-14(34)5-3-13)49-32-29(44)27(42)25(40)21(51-32)11-46-23(38)9-22(36)37/h13-21,24-32,34-35,39-44H,2-11H2,1H3,(H,36,37)/p+1. The number of carboxylic acids is 1. The van der Waals surface area contributed by atoms with E-state index < -0.39 is 141 Å². The number of carbonyl (C=O) groups excluding carboxylic acids is 2. The van der Waals surface area contributed by atoms with Crippen molar-refractivity contribution in [3.05, 3.63) is 0 Å².